The maximum atomic E-state index is 12.7. The summed E-state index contributed by atoms with van der Waals surface area (Å²) in [5.41, 5.74) is 8.13. The van der Waals surface area contributed by atoms with Crippen molar-refractivity contribution in [2.45, 2.75) is 31.1 Å². The van der Waals surface area contributed by atoms with Crippen LogP contribution in [0.25, 0.3) is 0 Å². The zero-order valence-corrected chi connectivity index (χ0v) is 19.2. The van der Waals surface area contributed by atoms with E-state index in [9.17, 15) is 19.5 Å². The molecule has 0 radical (unpaired) electrons. The quantitative estimate of drug-likeness (QED) is 0.338. The van der Waals surface area contributed by atoms with E-state index < -0.39 is 36.0 Å². The van der Waals surface area contributed by atoms with E-state index in [2.05, 4.69) is 10.6 Å². The number of nitrogens with two attached hydrogens (primary N) is 1. The number of carbonyl (C=O) groups excluding carboxylic acids is 3. The maximum Gasteiger partial charge on any atom is 0.407 e. The van der Waals surface area contributed by atoms with Crippen LogP contribution in [0.2, 0.25) is 0 Å². The Bertz CT molecular complexity index is 1050. The number of ether oxygens (including phenoxy) is 1. The molecule has 0 aromatic heterocycles. The Hall–Kier alpha value is -4.17. The van der Waals surface area contributed by atoms with Crippen LogP contribution in [-0.2, 0) is 20.9 Å². The monoisotopic (exact) mass is 475 g/mol. The molecule has 0 spiro atoms. The van der Waals surface area contributed by atoms with E-state index in [1.54, 1.807) is 0 Å². The van der Waals surface area contributed by atoms with Crippen molar-refractivity contribution >= 4 is 17.9 Å². The molecule has 3 aromatic rings. The lowest BCUT2D eigenvalue weighted by molar-refractivity contribution is -0.128. The third-order valence-electron chi connectivity index (χ3n) is 5.39. The molecule has 5 N–H and O–H groups in total. The lowest BCUT2D eigenvalue weighted by Crippen LogP contribution is -2.49. The molecule has 0 unspecified atom stereocenters. The van der Waals surface area contributed by atoms with E-state index >= 15 is 0 Å². The van der Waals surface area contributed by atoms with Gasteiger partial charge in [-0.15, -0.1) is 0 Å². The SMILES string of the molecule is NC(=O)[C@@H](NC(=O)C[C@@H](O)CNC(=O)OCc1ccccc1)C(c1ccccc1)c1ccccc1. The summed E-state index contributed by atoms with van der Waals surface area (Å²) >= 11 is 0. The largest absolute Gasteiger partial charge is 0.445 e. The summed E-state index contributed by atoms with van der Waals surface area (Å²) in [5, 5.41) is 15.3. The third kappa shape index (κ3) is 7.97. The molecule has 0 saturated heterocycles. The van der Waals surface area contributed by atoms with Crippen LogP contribution < -0.4 is 16.4 Å². The Kier molecular flexibility index (Phi) is 9.39. The first-order valence-electron chi connectivity index (χ1n) is 11.2. The summed E-state index contributed by atoms with van der Waals surface area (Å²) in [5.74, 6) is -1.78. The van der Waals surface area contributed by atoms with Crippen molar-refractivity contribution in [2.75, 3.05) is 6.54 Å². The molecule has 3 rings (SSSR count). The minimum Gasteiger partial charge on any atom is -0.445 e. The minimum atomic E-state index is -1.18. The van der Waals surface area contributed by atoms with Gasteiger partial charge < -0.3 is 26.2 Å². The van der Waals surface area contributed by atoms with Gasteiger partial charge in [-0.25, -0.2) is 4.79 Å². The summed E-state index contributed by atoms with van der Waals surface area (Å²) in [6.07, 6.45) is -2.23. The van der Waals surface area contributed by atoms with E-state index in [0.29, 0.717) is 0 Å². The number of primary amides is 1. The summed E-state index contributed by atoms with van der Waals surface area (Å²) in [7, 11) is 0. The number of hydrogen-bond acceptors (Lipinski definition) is 5. The van der Waals surface area contributed by atoms with Crippen molar-refractivity contribution in [1.29, 1.82) is 0 Å². The molecule has 3 amide bonds. The number of amides is 3. The Morgan fingerprint density at radius 2 is 1.34 bits per heavy atom. The van der Waals surface area contributed by atoms with Gasteiger partial charge >= 0.3 is 6.09 Å². The van der Waals surface area contributed by atoms with E-state index in [4.69, 9.17) is 10.5 Å². The third-order valence-corrected chi connectivity index (χ3v) is 5.39. The van der Waals surface area contributed by atoms with E-state index in [-0.39, 0.29) is 19.6 Å². The van der Waals surface area contributed by atoms with Crippen LogP contribution in [0.1, 0.15) is 29.0 Å². The Labute approximate surface area is 204 Å². The number of benzene rings is 3. The highest BCUT2D eigenvalue weighted by molar-refractivity contribution is 5.88. The zero-order chi connectivity index (χ0) is 25.0. The van der Waals surface area contributed by atoms with Crippen molar-refractivity contribution in [3.63, 3.8) is 0 Å². The van der Waals surface area contributed by atoms with Crippen LogP contribution in [0.4, 0.5) is 4.79 Å². The summed E-state index contributed by atoms with van der Waals surface area (Å²) < 4.78 is 5.09. The molecule has 0 aliphatic rings. The maximum absolute atomic E-state index is 12.7. The highest BCUT2D eigenvalue weighted by Gasteiger charge is 2.31. The molecule has 0 heterocycles. The lowest BCUT2D eigenvalue weighted by atomic mass is 9.84. The summed E-state index contributed by atoms with van der Waals surface area (Å²) in [4.78, 5) is 36.9. The first kappa shape index (κ1) is 25.5. The molecule has 0 fully saturated rings. The van der Waals surface area contributed by atoms with Crippen LogP contribution in [0.3, 0.4) is 0 Å². The van der Waals surface area contributed by atoms with Gasteiger partial charge in [0.2, 0.25) is 11.8 Å². The van der Waals surface area contributed by atoms with Crippen LogP contribution >= 0.6 is 0 Å². The van der Waals surface area contributed by atoms with Crippen LogP contribution in [-0.4, -0.2) is 41.7 Å². The molecule has 8 heteroatoms. The van der Waals surface area contributed by atoms with Gasteiger partial charge in [0.25, 0.3) is 0 Å². The number of carbonyl (C=O) groups is 3. The van der Waals surface area contributed by atoms with Gasteiger partial charge in [-0.2, -0.15) is 0 Å². The Balaban J connectivity index is 1.57. The number of nitrogens with one attached hydrogen (secondary N) is 2. The van der Waals surface area contributed by atoms with Gasteiger partial charge in [-0.3, -0.25) is 9.59 Å². The number of hydrogen-bond donors (Lipinski definition) is 4. The highest BCUT2D eigenvalue weighted by atomic mass is 16.5. The lowest BCUT2D eigenvalue weighted by Gasteiger charge is -2.27. The summed E-state index contributed by atoms with van der Waals surface area (Å²) in [6, 6.07) is 26.7. The van der Waals surface area contributed by atoms with Crippen LogP contribution in [0.15, 0.2) is 91.0 Å². The fourth-order valence-corrected chi connectivity index (χ4v) is 3.71. The van der Waals surface area contributed by atoms with Crippen molar-refractivity contribution < 1.29 is 24.2 Å². The molecule has 0 aliphatic heterocycles. The summed E-state index contributed by atoms with van der Waals surface area (Å²) in [6.45, 7) is -0.104. The zero-order valence-electron chi connectivity index (χ0n) is 19.2. The number of aliphatic hydroxyl groups is 1. The van der Waals surface area contributed by atoms with Gasteiger partial charge in [0, 0.05) is 12.5 Å². The highest BCUT2D eigenvalue weighted by Crippen LogP contribution is 2.28. The molecule has 35 heavy (non-hydrogen) atoms. The predicted octanol–water partition coefficient (Wildman–Crippen LogP) is 2.47. The number of rotatable bonds is 11. The average molecular weight is 476 g/mol. The molecular formula is C27H29N3O5. The Morgan fingerprint density at radius 1 is 0.829 bits per heavy atom. The van der Waals surface area contributed by atoms with Gasteiger partial charge in [0.1, 0.15) is 12.6 Å². The van der Waals surface area contributed by atoms with Gasteiger partial charge in [0.15, 0.2) is 0 Å². The van der Waals surface area contributed by atoms with Crippen molar-refractivity contribution in [1.82, 2.24) is 10.6 Å². The number of aliphatic hydroxyl groups excluding tert-OH is 1. The topological polar surface area (TPSA) is 131 Å². The molecule has 0 aliphatic carbocycles. The second-order valence-corrected chi connectivity index (χ2v) is 8.05. The van der Waals surface area contributed by atoms with Crippen LogP contribution in [0.5, 0.6) is 0 Å². The molecule has 182 valence electrons. The second kappa shape index (κ2) is 12.9. The van der Waals surface area contributed by atoms with Gasteiger partial charge in [-0.05, 0) is 16.7 Å². The van der Waals surface area contributed by atoms with Crippen LogP contribution in [0, 0.1) is 0 Å². The van der Waals surface area contributed by atoms with E-state index in [0.717, 1.165) is 16.7 Å². The fourth-order valence-electron chi connectivity index (χ4n) is 3.71. The van der Waals surface area contributed by atoms with E-state index in [1.165, 1.54) is 0 Å². The predicted molar refractivity (Wildman–Crippen MR) is 131 cm³/mol. The van der Waals surface area contributed by atoms with Crippen molar-refractivity contribution in [3.05, 3.63) is 108 Å². The second-order valence-electron chi connectivity index (χ2n) is 8.05. The first-order chi connectivity index (χ1) is 16.9. The number of alkyl carbamates (subject to hydrolysis) is 1. The molecule has 2 atom stereocenters. The first-order valence-corrected chi connectivity index (χ1v) is 11.2. The normalized spacial score (nSPS) is 12.4. The van der Waals surface area contributed by atoms with Crippen molar-refractivity contribution in [2.24, 2.45) is 5.73 Å². The molecule has 0 saturated carbocycles. The van der Waals surface area contributed by atoms with Gasteiger partial charge in [0.05, 0.1) is 12.5 Å². The Morgan fingerprint density at radius 3 is 1.86 bits per heavy atom. The minimum absolute atomic E-state index is 0.0872. The van der Waals surface area contributed by atoms with Gasteiger partial charge in [-0.1, -0.05) is 91.0 Å². The molecule has 8 nitrogen and oxygen atoms in total. The molecular weight excluding hydrogens is 446 g/mol. The van der Waals surface area contributed by atoms with Crippen molar-refractivity contribution in [3.8, 4) is 0 Å². The van der Waals surface area contributed by atoms with E-state index in [1.807, 2.05) is 91.0 Å². The smallest absolute Gasteiger partial charge is 0.407 e. The standard InChI is InChI=1S/C27H29N3O5/c28-26(33)25(24(20-12-6-2-7-13-20)21-14-8-3-9-15-21)30-23(32)16-22(31)17-29-27(34)35-18-19-10-4-1-5-11-19/h1-15,22,24-25,31H,16-18H2,(H2,28,33)(H,29,34)(H,30,32)/t22-,25+/m1/s1. The average Bonchev–Trinajstić information content (AvgIpc) is 2.87. The molecule has 0 bridgehead atoms. The fraction of sp³-hybridized carbons (Fsp3) is 0.222. The molecule has 3 aromatic carbocycles.